The van der Waals surface area contributed by atoms with Crippen LogP contribution in [0.5, 0.6) is 0 Å². The topological polar surface area (TPSA) is 181 Å². The molecule has 0 aliphatic heterocycles. The Morgan fingerprint density at radius 1 is 0.684 bits per heavy atom. The van der Waals surface area contributed by atoms with Crippen molar-refractivity contribution < 1.29 is 82.3 Å². The van der Waals surface area contributed by atoms with Crippen LogP contribution in [0.15, 0.2) is 0 Å². The second kappa shape index (κ2) is 15.6. The summed E-state index contributed by atoms with van der Waals surface area (Å²) >= 11 is 0. The van der Waals surface area contributed by atoms with Crippen LogP contribution in [-0.4, -0.2) is 51.5 Å². The molecule has 3 atom stereocenters. The summed E-state index contributed by atoms with van der Waals surface area (Å²) in [6, 6.07) is 0. The van der Waals surface area contributed by atoms with Gasteiger partial charge in [0, 0.05) is 0 Å². The van der Waals surface area contributed by atoms with Gasteiger partial charge in [-0.15, -0.1) is 0 Å². The monoisotopic (exact) mass is 433 g/mol. The van der Waals surface area contributed by atoms with Crippen molar-refractivity contribution in [2.24, 2.45) is 0 Å². The fourth-order valence-corrected chi connectivity index (χ4v) is 0. The molecule has 19 heavy (non-hydrogen) atoms. The molecule has 0 saturated carbocycles. The number of aliphatic hydroxyl groups is 3. The maximum absolute atomic E-state index is 9.34. The number of rotatable bonds is 3. The van der Waals surface area contributed by atoms with E-state index in [-0.39, 0.29) is 37.3 Å². The van der Waals surface area contributed by atoms with Crippen molar-refractivity contribution in [3.8, 4) is 0 Å². The number of carboxylic acids is 3. The van der Waals surface area contributed by atoms with Crippen LogP contribution in [0.25, 0.3) is 0 Å². The molecule has 0 spiro atoms. The van der Waals surface area contributed by atoms with Gasteiger partial charge in [0.1, 0.15) is 0 Å². The minimum atomic E-state index is -1.44. The minimum Gasteiger partial charge on any atom is -0.547 e. The predicted octanol–water partition coefficient (Wildman–Crippen LogP) is -5.65. The molecule has 0 aromatic heterocycles. The van der Waals surface area contributed by atoms with E-state index in [0.29, 0.717) is 0 Å². The number of aliphatic hydroxyl groups excluding tert-OH is 3. The van der Waals surface area contributed by atoms with E-state index in [4.69, 9.17) is 15.3 Å². The van der Waals surface area contributed by atoms with Gasteiger partial charge in [-0.3, -0.25) is 0 Å². The third-order valence-corrected chi connectivity index (χ3v) is 1.02. The first-order chi connectivity index (χ1) is 7.93. The van der Waals surface area contributed by atoms with Crippen LogP contribution in [0.2, 0.25) is 0 Å². The molecule has 0 heterocycles. The van der Waals surface area contributed by atoms with Gasteiger partial charge in [-0.05, 0) is 20.8 Å². The molecule has 0 rings (SSSR count). The SMILES string of the molecule is CC(O)C(=O)[O-].CC(O)C(=O)[O-].CC(O)C(=O)[O-].[Er+3]. The molecule has 3 unspecified atom stereocenters. The summed E-state index contributed by atoms with van der Waals surface area (Å²) in [6.45, 7) is 3.40. The summed E-state index contributed by atoms with van der Waals surface area (Å²) in [7, 11) is 0. The molecule has 9 nitrogen and oxygen atoms in total. The number of aliphatic carboxylic acids is 3. The summed E-state index contributed by atoms with van der Waals surface area (Å²) in [5, 5.41) is 51.9. The van der Waals surface area contributed by atoms with Gasteiger partial charge in [-0.25, -0.2) is 0 Å². The van der Waals surface area contributed by atoms with Gasteiger partial charge in [0.25, 0.3) is 0 Å². The standard InChI is InChI=1S/3C3H6O3.Er/c3*1-2(4)3(5)6;/h3*2,4H,1H3,(H,5,6);/q;;;+3/p-3. The Bertz CT molecular complexity index is 220. The first-order valence-corrected chi connectivity index (χ1v) is 4.60. The smallest absolute Gasteiger partial charge is 0.547 e. The van der Waals surface area contributed by atoms with Crippen molar-refractivity contribution in [2.75, 3.05) is 0 Å². The molecule has 0 amide bonds. The Kier molecular flexibility index (Phi) is 22.1. The van der Waals surface area contributed by atoms with Crippen LogP contribution >= 0.6 is 0 Å². The first kappa shape index (κ1) is 27.0. The van der Waals surface area contributed by atoms with E-state index in [1.54, 1.807) is 0 Å². The van der Waals surface area contributed by atoms with Crippen molar-refractivity contribution in [1.29, 1.82) is 0 Å². The second-order valence-electron chi connectivity index (χ2n) is 2.99. The van der Waals surface area contributed by atoms with E-state index in [1.807, 2.05) is 0 Å². The number of carbonyl (C=O) groups is 3. The van der Waals surface area contributed by atoms with E-state index in [2.05, 4.69) is 0 Å². The Balaban J connectivity index is -0.0000000865. The van der Waals surface area contributed by atoms with E-state index >= 15 is 0 Å². The van der Waals surface area contributed by atoms with Gasteiger partial charge in [0.05, 0.1) is 36.2 Å². The molecular formula is C9H15ErO9. The van der Waals surface area contributed by atoms with Crippen molar-refractivity contribution in [3.63, 3.8) is 0 Å². The fourth-order valence-electron chi connectivity index (χ4n) is 0. The summed E-state index contributed by atoms with van der Waals surface area (Å²) in [5.41, 5.74) is 0. The molecule has 0 fully saturated rings. The predicted molar refractivity (Wildman–Crippen MR) is 50.1 cm³/mol. The summed E-state index contributed by atoms with van der Waals surface area (Å²) in [6.07, 6.45) is -4.03. The van der Waals surface area contributed by atoms with Crippen LogP contribution in [0.4, 0.5) is 0 Å². The van der Waals surface area contributed by atoms with Crippen LogP contribution < -0.4 is 15.3 Å². The number of hydrogen-bond acceptors (Lipinski definition) is 9. The molecule has 0 aromatic carbocycles. The second-order valence-corrected chi connectivity index (χ2v) is 2.99. The Labute approximate surface area is 139 Å². The molecule has 117 valence electrons. The summed E-state index contributed by atoms with van der Waals surface area (Å²) < 4.78 is 0. The maximum Gasteiger partial charge on any atom is 3.00 e. The molecule has 1 radical (unpaired) electrons. The molecule has 0 aliphatic rings. The minimum absolute atomic E-state index is 0. The number of carboxylic acid groups (broad SMARTS) is 3. The zero-order valence-corrected chi connectivity index (χ0v) is 12.2. The molecule has 0 saturated heterocycles. The van der Waals surface area contributed by atoms with Gasteiger partial charge < -0.3 is 45.0 Å². The largest absolute Gasteiger partial charge is 3.00 e. The van der Waals surface area contributed by atoms with Crippen LogP contribution in [0.1, 0.15) is 20.8 Å². The molecule has 0 aromatic rings. The van der Waals surface area contributed by atoms with Crippen molar-refractivity contribution in [2.45, 2.75) is 39.1 Å². The first-order valence-electron chi connectivity index (χ1n) is 4.60. The van der Waals surface area contributed by atoms with Gasteiger partial charge in [0.2, 0.25) is 0 Å². The average Bonchev–Trinajstić information content (AvgIpc) is 2.18. The molecule has 10 heteroatoms. The normalized spacial score (nSPS) is 12.9. The Hall–Kier alpha value is -0.463. The average molecular weight is 434 g/mol. The van der Waals surface area contributed by atoms with Crippen molar-refractivity contribution in [3.05, 3.63) is 0 Å². The van der Waals surface area contributed by atoms with E-state index in [9.17, 15) is 29.7 Å². The molecule has 0 bridgehead atoms. The molecule has 0 aliphatic carbocycles. The Morgan fingerprint density at radius 3 is 0.737 bits per heavy atom. The third kappa shape index (κ3) is 31.8. The van der Waals surface area contributed by atoms with E-state index in [1.165, 1.54) is 0 Å². The van der Waals surface area contributed by atoms with E-state index in [0.717, 1.165) is 20.8 Å². The van der Waals surface area contributed by atoms with Gasteiger partial charge >= 0.3 is 37.3 Å². The third-order valence-electron chi connectivity index (χ3n) is 1.02. The fraction of sp³-hybridized carbons (Fsp3) is 0.667. The number of carbonyl (C=O) groups excluding carboxylic acids is 3. The number of hydrogen-bond donors (Lipinski definition) is 3. The molecule has 3 N–H and O–H groups in total. The summed E-state index contributed by atoms with van der Waals surface area (Å²) in [4.78, 5) is 28.0. The zero-order chi connectivity index (χ0) is 15.5. The molecular weight excluding hydrogens is 419 g/mol. The van der Waals surface area contributed by atoms with Crippen molar-refractivity contribution in [1.82, 2.24) is 0 Å². The van der Waals surface area contributed by atoms with Gasteiger partial charge in [0.15, 0.2) is 0 Å². The summed E-state index contributed by atoms with van der Waals surface area (Å²) in [5.74, 6) is -4.31. The maximum atomic E-state index is 9.34. The zero-order valence-electron chi connectivity index (χ0n) is 10.3. The quantitative estimate of drug-likeness (QED) is 0.390. The van der Waals surface area contributed by atoms with Crippen molar-refractivity contribution >= 4 is 17.9 Å². The Morgan fingerprint density at radius 2 is 0.737 bits per heavy atom. The van der Waals surface area contributed by atoms with E-state index < -0.39 is 36.2 Å². The van der Waals surface area contributed by atoms with Gasteiger partial charge in [-0.2, -0.15) is 0 Å². The van der Waals surface area contributed by atoms with Crippen LogP contribution in [0, 0.1) is 37.3 Å². The van der Waals surface area contributed by atoms with Crippen LogP contribution in [0.3, 0.4) is 0 Å². The van der Waals surface area contributed by atoms with Crippen LogP contribution in [-0.2, 0) is 14.4 Å². The van der Waals surface area contributed by atoms with Gasteiger partial charge in [-0.1, -0.05) is 0 Å².